The first-order chi connectivity index (χ1) is 10.6. The van der Waals surface area contributed by atoms with Crippen LogP contribution in [-0.2, 0) is 0 Å². The second kappa shape index (κ2) is 7.13. The number of aromatic carboxylic acids is 1. The SMILES string of the molecule is CCC(CC)c1n[nH]c(=S)n1/N=C\c1ccccc1C(=O)O. The number of carbonyl (C=O) groups is 1. The molecule has 1 heterocycles. The van der Waals surface area contributed by atoms with Crippen molar-refractivity contribution in [3.05, 3.63) is 46.0 Å². The van der Waals surface area contributed by atoms with Crippen LogP contribution in [-0.4, -0.2) is 32.2 Å². The maximum absolute atomic E-state index is 11.2. The van der Waals surface area contributed by atoms with Gasteiger partial charge in [-0.3, -0.25) is 5.10 Å². The minimum Gasteiger partial charge on any atom is -0.478 e. The molecule has 2 rings (SSSR count). The Bertz CT molecular complexity index is 744. The lowest BCUT2D eigenvalue weighted by molar-refractivity contribution is 0.0697. The topological polar surface area (TPSA) is 83.3 Å². The van der Waals surface area contributed by atoms with Crippen LogP contribution in [0.1, 0.15) is 54.4 Å². The molecular formula is C15H18N4O2S. The van der Waals surface area contributed by atoms with Crippen LogP contribution in [0.2, 0.25) is 0 Å². The van der Waals surface area contributed by atoms with Gasteiger partial charge in [0.05, 0.1) is 11.8 Å². The van der Waals surface area contributed by atoms with Gasteiger partial charge in [-0.05, 0) is 31.1 Å². The van der Waals surface area contributed by atoms with Gasteiger partial charge in [-0.15, -0.1) is 0 Å². The lowest BCUT2D eigenvalue weighted by Gasteiger charge is -2.10. The third kappa shape index (κ3) is 3.30. The zero-order valence-electron chi connectivity index (χ0n) is 12.5. The number of benzene rings is 1. The van der Waals surface area contributed by atoms with Crippen LogP contribution in [0.15, 0.2) is 29.4 Å². The van der Waals surface area contributed by atoms with Crippen molar-refractivity contribution in [1.29, 1.82) is 0 Å². The molecule has 2 N–H and O–H groups in total. The molecule has 0 unspecified atom stereocenters. The number of aromatic amines is 1. The van der Waals surface area contributed by atoms with E-state index >= 15 is 0 Å². The molecule has 0 spiro atoms. The highest BCUT2D eigenvalue weighted by molar-refractivity contribution is 7.71. The average molecular weight is 318 g/mol. The maximum Gasteiger partial charge on any atom is 0.336 e. The van der Waals surface area contributed by atoms with E-state index in [4.69, 9.17) is 12.2 Å². The zero-order chi connectivity index (χ0) is 16.1. The van der Waals surface area contributed by atoms with Crippen LogP contribution in [0, 0.1) is 4.77 Å². The number of nitrogens with zero attached hydrogens (tertiary/aromatic N) is 3. The number of aromatic nitrogens is 3. The molecule has 7 heteroatoms. The van der Waals surface area contributed by atoms with E-state index in [0.717, 1.165) is 18.7 Å². The summed E-state index contributed by atoms with van der Waals surface area (Å²) in [5.74, 6) is 0.0249. The number of nitrogens with one attached hydrogen (secondary N) is 1. The van der Waals surface area contributed by atoms with Crippen LogP contribution in [0.25, 0.3) is 0 Å². The highest BCUT2D eigenvalue weighted by Crippen LogP contribution is 2.21. The van der Waals surface area contributed by atoms with E-state index in [1.807, 2.05) is 0 Å². The van der Waals surface area contributed by atoms with E-state index in [-0.39, 0.29) is 11.5 Å². The number of hydrogen-bond acceptors (Lipinski definition) is 4. The summed E-state index contributed by atoms with van der Waals surface area (Å²) >= 11 is 5.20. The molecule has 0 saturated carbocycles. The van der Waals surface area contributed by atoms with Crippen LogP contribution in [0.5, 0.6) is 0 Å². The summed E-state index contributed by atoms with van der Waals surface area (Å²) in [5.41, 5.74) is 0.721. The fourth-order valence-electron chi connectivity index (χ4n) is 2.26. The molecule has 22 heavy (non-hydrogen) atoms. The van der Waals surface area contributed by atoms with Crippen molar-refractivity contribution in [2.75, 3.05) is 0 Å². The summed E-state index contributed by atoms with van der Waals surface area (Å²) in [6, 6.07) is 6.69. The standard InChI is InChI=1S/C15H18N4O2S/c1-3-10(4-2)13-17-18-15(22)19(13)16-9-11-7-5-6-8-12(11)14(20)21/h5-10H,3-4H2,1-2H3,(H,18,22)(H,20,21)/b16-9-. The van der Waals surface area contributed by atoms with Crippen molar-refractivity contribution in [2.45, 2.75) is 32.6 Å². The number of H-pyrrole nitrogens is 1. The summed E-state index contributed by atoms with van der Waals surface area (Å²) in [4.78, 5) is 11.2. The molecule has 0 aliphatic heterocycles. The van der Waals surface area contributed by atoms with Crippen LogP contribution >= 0.6 is 12.2 Å². The van der Waals surface area contributed by atoms with Crippen LogP contribution in [0.4, 0.5) is 0 Å². The first-order valence-electron chi connectivity index (χ1n) is 7.12. The molecule has 0 bridgehead atoms. The zero-order valence-corrected chi connectivity index (χ0v) is 13.3. The molecule has 0 fully saturated rings. The average Bonchev–Trinajstić information content (AvgIpc) is 2.88. The molecule has 0 aliphatic carbocycles. The molecule has 1 aromatic carbocycles. The molecule has 6 nitrogen and oxygen atoms in total. The van der Waals surface area contributed by atoms with E-state index in [2.05, 4.69) is 29.1 Å². The predicted molar refractivity (Wildman–Crippen MR) is 87.1 cm³/mol. The molecule has 1 aromatic heterocycles. The highest BCUT2D eigenvalue weighted by atomic mass is 32.1. The van der Waals surface area contributed by atoms with E-state index in [1.165, 1.54) is 6.21 Å². The Morgan fingerprint density at radius 2 is 2.14 bits per heavy atom. The number of hydrogen-bond donors (Lipinski definition) is 2. The first-order valence-corrected chi connectivity index (χ1v) is 7.53. The van der Waals surface area contributed by atoms with Gasteiger partial charge in [0.1, 0.15) is 0 Å². The molecule has 0 atom stereocenters. The Balaban J connectivity index is 2.42. The van der Waals surface area contributed by atoms with Crippen molar-refractivity contribution < 1.29 is 9.90 Å². The van der Waals surface area contributed by atoms with Crippen LogP contribution < -0.4 is 0 Å². The third-order valence-electron chi connectivity index (χ3n) is 3.53. The van der Waals surface area contributed by atoms with Crippen LogP contribution in [0.3, 0.4) is 0 Å². The highest BCUT2D eigenvalue weighted by Gasteiger charge is 2.15. The lowest BCUT2D eigenvalue weighted by atomic mass is 10.0. The molecular weight excluding hydrogens is 300 g/mol. The van der Waals surface area contributed by atoms with Crippen molar-refractivity contribution in [1.82, 2.24) is 14.9 Å². The van der Waals surface area contributed by atoms with Crippen molar-refractivity contribution in [3.8, 4) is 0 Å². The summed E-state index contributed by atoms with van der Waals surface area (Å²) in [6.45, 7) is 4.17. The Labute approximate surface area is 133 Å². The summed E-state index contributed by atoms with van der Waals surface area (Å²) in [5, 5.41) is 20.5. The largest absolute Gasteiger partial charge is 0.478 e. The normalized spacial score (nSPS) is 11.4. The quantitative estimate of drug-likeness (QED) is 0.631. The fraction of sp³-hybridized carbons (Fsp3) is 0.333. The van der Waals surface area contributed by atoms with Crippen molar-refractivity contribution in [2.24, 2.45) is 5.10 Å². The van der Waals surface area contributed by atoms with Gasteiger partial charge in [-0.1, -0.05) is 32.0 Å². The number of carboxylic acid groups (broad SMARTS) is 1. The van der Waals surface area contributed by atoms with Gasteiger partial charge < -0.3 is 5.11 Å². The third-order valence-corrected chi connectivity index (χ3v) is 3.79. The van der Waals surface area contributed by atoms with E-state index < -0.39 is 5.97 Å². The van der Waals surface area contributed by atoms with Gasteiger partial charge in [0.2, 0.25) is 4.77 Å². The number of carboxylic acids is 1. The van der Waals surface area contributed by atoms with E-state index in [0.29, 0.717) is 10.3 Å². The van der Waals surface area contributed by atoms with Gasteiger partial charge in [-0.2, -0.15) is 14.9 Å². The maximum atomic E-state index is 11.2. The summed E-state index contributed by atoms with van der Waals surface area (Å²) in [6.07, 6.45) is 3.36. The molecule has 0 saturated heterocycles. The van der Waals surface area contributed by atoms with Gasteiger partial charge in [0.15, 0.2) is 5.82 Å². The van der Waals surface area contributed by atoms with E-state index in [9.17, 15) is 9.90 Å². The fourth-order valence-corrected chi connectivity index (χ4v) is 2.44. The van der Waals surface area contributed by atoms with Gasteiger partial charge >= 0.3 is 5.97 Å². The Morgan fingerprint density at radius 3 is 2.77 bits per heavy atom. The second-order valence-electron chi connectivity index (χ2n) is 4.85. The Kier molecular flexibility index (Phi) is 5.21. The molecule has 116 valence electrons. The second-order valence-corrected chi connectivity index (χ2v) is 5.24. The Morgan fingerprint density at radius 1 is 1.45 bits per heavy atom. The molecule has 0 aliphatic rings. The van der Waals surface area contributed by atoms with E-state index in [1.54, 1.807) is 28.9 Å². The smallest absolute Gasteiger partial charge is 0.336 e. The summed E-state index contributed by atoms with van der Waals surface area (Å²) in [7, 11) is 0. The monoisotopic (exact) mass is 318 g/mol. The minimum absolute atomic E-state index is 0.199. The van der Waals surface area contributed by atoms with Gasteiger partial charge in [-0.25, -0.2) is 4.79 Å². The predicted octanol–water partition coefficient (Wildman–Crippen LogP) is 3.42. The first kappa shape index (κ1) is 16.1. The van der Waals surface area contributed by atoms with Gasteiger partial charge in [0, 0.05) is 11.5 Å². The van der Waals surface area contributed by atoms with Gasteiger partial charge in [0.25, 0.3) is 0 Å². The summed E-state index contributed by atoms with van der Waals surface area (Å²) < 4.78 is 1.96. The molecule has 0 radical (unpaired) electrons. The number of rotatable bonds is 6. The van der Waals surface area contributed by atoms with Crippen molar-refractivity contribution in [3.63, 3.8) is 0 Å². The molecule has 2 aromatic rings. The van der Waals surface area contributed by atoms with Crippen molar-refractivity contribution >= 4 is 24.4 Å². The Hall–Kier alpha value is -2.28. The lowest BCUT2D eigenvalue weighted by Crippen LogP contribution is -2.06. The molecule has 0 amide bonds. The minimum atomic E-state index is -0.988.